The van der Waals surface area contributed by atoms with Gasteiger partial charge in [-0.05, 0) is 67.8 Å². The van der Waals surface area contributed by atoms with Crippen LogP contribution in [-0.4, -0.2) is 34.7 Å². The average Bonchev–Trinajstić information content (AvgIpc) is 2.37. The van der Waals surface area contributed by atoms with E-state index in [1.807, 2.05) is 39.0 Å². The van der Waals surface area contributed by atoms with E-state index < -0.39 is 5.60 Å². The molecule has 2 heterocycles. The first-order valence-corrected chi connectivity index (χ1v) is 7.93. The molecule has 0 aromatic carbocycles. The zero-order valence-electron chi connectivity index (χ0n) is 12.7. The standard InChI is InChI=1S/C16H21BrN2O2/c1-16(2,3)21-15(20)19-9-7-12(8-10-19)11-13-5-4-6-14(17)18-13/h4-6,11H,7-10H2,1-3H3. The lowest BCUT2D eigenvalue weighted by Gasteiger charge is -2.31. The summed E-state index contributed by atoms with van der Waals surface area (Å²) in [6.07, 6.45) is 3.63. The van der Waals surface area contributed by atoms with Gasteiger partial charge in [0.15, 0.2) is 0 Å². The molecule has 114 valence electrons. The highest BCUT2D eigenvalue weighted by Gasteiger charge is 2.24. The predicted octanol–water partition coefficient (Wildman–Crippen LogP) is 4.26. The minimum absolute atomic E-state index is 0.220. The van der Waals surface area contributed by atoms with Gasteiger partial charge in [0.05, 0.1) is 5.69 Å². The SMILES string of the molecule is CC(C)(C)OC(=O)N1CCC(=Cc2cccc(Br)n2)CC1. The molecule has 1 fully saturated rings. The van der Waals surface area contributed by atoms with Crippen LogP contribution in [0.4, 0.5) is 4.79 Å². The minimum Gasteiger partial charge on any atom is -0.444 e. The summed E-state index contributed by atoms with van der Waals surface area (Å²) in [7, 11) is 0. The Morgan fingerprint density at radius 2 is 2.00 bits per heavy atom. The van der Waals surface area contributed by atoms with Gasteiger partial charge >= 0.3 is 6.09 Å². The van der Waals surface area contributed by atoms with E-state index in [1.165, 1.54) is 5.57 Å². The highest BCUT2D eigenvalue weighted by molar-refractivity contribution is 9.10. The van der Waals surface area contributed by atoms with Crippen LogP contribution in [0, 0.1) is 0 Å². The van der Waals surface area contributed by atoms with Crippen LogP contribution in [0.25, 0.3) is 6.08 Å². The number of hydrogen-bond donors (Lipinski definition) is 0. The van der Waals surface area contributed by atoms with Crippen molar-refractivity contribution in [2.24, 2.45) is 0 Å². The minimum atomic E-state index is -0.437. The van der Waals surface area contributed by atoms with E-state index in [0.717, 1.165) is 23.1 Å². The number of ether oxygens (including phenoxy) is 1. The Bertz CT molecular complexity index is 539. The number of carbonyl (C=O) groups excluding carboxylic acids is 1. The lowest BCUT2D eigenvalue weighted by atomic mass is 10.0. The van der Waals surface area contributed by atoms with Crippen molar-refractivity contribution in [1.29, 1.82) is 0 Å². The molecule has 0 spiro atoms. The van der Waals surface area contributed by atoms with Crippen LogP contribution in [-0.2, 0) is 4.74 Å². The smallest absolute Gasteiger partial charge is 0.410 e. The van der Waals surface area contributed by atoms with Crippen molar-refractivity contribution < 1.29 is 9.53 Å². The first kappa shape index (κ1) is 16.0. The fraction of sp³-hybridized carbons (Fsp3) is 0.500. The maximum absolute atomic E-state index is 12.0. The van der Waals surface area contributed by atoms with Gasteiger partial charge in [-0.2, -0.15) is 0 Å². The molecule has 0 radical (unpaired) electrons. The molecule has 0 atom stereocenters. The van der Waals surface area contributed by atoms with Gasteiger partial charge in [-0.3, -0.25) is 0 Å². The summed E-state index contributed by atoms with van der Waals surface area (Å²) < 4.78 is 6.23. The molecule has 0 bridgehead atoms. The predicted molar refractivity (Wildman–Crippen MR) is 87.0 cm³/mol. The molecule has 4 nitrogen and oxygen atoms in total. The van der Waals surface area contributed by atoms with Crippen LogP contribution in [0.5, 0.6) is 0 Å². The van der Waals surface area contributed by atoms with Gasteiger partial charge < -0.3 is 9.64 Å². The molecule has 0 aliphatic carbocycles. The van der Waals surface area contributed by atoms with Crippen LogP contribution in [0.2, 0.25) is 0 Å². The average molecular weight is 353 g/mol. The molecule has 5 heteroatoms. The third-order valence-corrected chi connectivity index (χ3v) is 3.59. The van der Waals surface area contributed by atoms with E-state index in [1.54, 1.807) is 4.90 Å². The van der Waals surface area contributed by atoms with Crippen LogP contribution in [0.3, 0.4) is 0 Å². The fourth-order valence-electron chi connectivity index (χ4n) is 2.16. The second-order valence-corrected chi connectivity index (χ2v) is 6.97. The second kappa shape index (κ2) is 6.60. The third kappa shape index (κ3) is 5.16. The number of hydrogen-bond acceptors (Lipinski definition) is 3. The lowest BCUT2D eigenvalue weighted by molar-refractivity contribution is 0.0237. The second-order valence-electron chi connectivity index (χ2n) is 6.16. The van der Waals surface area contributed by atoms with Crippen molar-refractivity contribution in [1.82, 2.24) is 9.88 Å². The van der Waals surface area contributed by atoms with Crippen LogP contribution in [0.1, 0.15) is 39.3 Å². The molecule has 0 unspecified atom stereocenters. The zero-order chi connectivity index (χ0) is 15.5. The number of halogens is 1. The zero-order valence-corrected chi connectivity index (χ0v) is 14.3. The molecule has 1 aliphatic heterocycles. The van der Waals surface area contributed by atoms with Crippen molar-refractivity contribution >= 4 is 28.1 Å². The molecule has 1 amide bonds. The Morgan fingerprint density at radius 1 is 1.33 bits per heavy atom. The Labute approximate surface area is 134 Å². The molecule has 21 heavy (non-hydrogen) atoms. The summed E-state index contributed by atoms with van der Waals surface area (Å²) in [6.45, 7) is 7.07. The normalized spacial score (nSPS) is 15.8. The van der Waals surface area contributed by atoms with Gasteiger partial charge in [-0.15, -0.1) is 0 Å². The number of nitrogens with zero attached hydrogens (tertiary/aromatic N) is 2. The molecular weight excluding hydrogens is 332 g/mol. The summed E-state index contributed by atoms with van der Waals surface area (Å²) in [5.74, 6) is 0. The molecule has 1 aliphatic rings. The van der Waals surface area contributed by atoms with E-state index in [9.17, 15) is 4.79 Å². The molecule has 2 rings (SSSR count). The van der Waals surface area contributed by atoms with Crippen molar-refractivity contribution in [3.05, 3.63) is 34.1 Å². The molecule has 1 saturated heterocycles. The number of pyridine rings is 1. The Kier molecular flexibility index (Phi) is 5.04. The van der Waals surface area contributed by atoms with E-state index in [4.69, 9.17) is 4.74 Å². The van der Waals surface area contributed by atoms with E-state index in [0.29, 0.717) is 13.1 Å². The number of aromatic nitrogens is 1. The van der Waals surface area contributed by atoms with Crippen molar-refractivity contribution in [3.63, 3.8) is 0 Å². The van der Waals surface area contributed by atoms with E-state index in [2.05, 4.69) is 27.0 Å². The summed E-state index contributed by atoms with van der Waals surface area (Å²) in [5, 5.41) is 0. The van der Waals surface area contributed by atoms with Crippen LogP contribution in [0.15, 0.2) is 28.4 Å². The largest absolute Gasteiger partial charge is 0.444 e. The maximum Gasteiger partial charge on any atom is 0.410 e. The van der Waals surface area contributed by atoms with Gasteiger partial charge in [-0.1, -0.05) is 11.6 Å². The Balaban J connectivity index is 1.93. The summed E-state index contributed by atoms with van der Waals surface area (Å²) in [5.41, 5.74) is 1.83. The Morgan fingerprint density at radius 3 is 2.57 bits per heavy atom. The van der Waals surface area contributed by atoms with Gasteiger partial charge in [0.1, 0.15) is 10.2 Å². The lowest BCUT2D eigenvalue weighted by Crippen LogP contribution is -2.40. The number of likely N-dealkylation sites (tertiary alicyclic amines) is 1. The molecule has 1 aromatic rings. The number of piperidine rings is 1. The van der Waals surface area contributed by atoms with Crippen molar-refractivity contribution in [3.8, 4) is 0 Å². The third-order valence-electron chi connectivity index (χ3n) is 3.15. The first-order valence-electron chi connectivity index (χ1n) is 7.13. The molecule has 0 N–H and O–H groups in total. The van der Waals surface area contributed by atoms with E-state index in [-0.39, 0.29) is 6.09 Å². The number of amides is 1. The number of rotatable bonds is 1. The summed E-state index contributed by atoms with van der Waals surface area (Å²) in [6, 6.07) is 5.87. The molecule has 0 saturated carbocycles. The molecule has 1 aromatic heterocycles. The Hall–Kier alpha value is -1.36. The van der Waals surface area contributed by atoms with Crippen molar-refractivity contribution in [2.75, 3.05) is 13.1 Å². The summed E-state index contributed by atoms with van der Waals surface area (Å²) in [4.78, 5) is 18.2. The van der Waals surface area contributed by atoms with Crippen molar-refractivity contribution in [2.45, 2.75) is 39.2 Å². The molecular formula is C16H21BrN2O2. The van der Waals surface area contributed by atoms with Gasteiger partial charge in [0, 0.05) is 13.1 Å². The highest BCUT2D eigenvalue weighted by Crippen LogP contribution is 2.21. The fourth-order valence-corrected chi connectivity index (χ4v) is 2.52. The first-order chi connectivity index (χ1) is 9.83. The number of carbonyl (C=O) groups is 1. The maximum atomic E-state index is 12.0. The van der Waals surface area contributed by atoms with Crippen LogP contribution < -0.4 is 0 Å². The van der Waals surface area contributed by atoms with Gasteiger partial charge in [-0.25, -0.2) is 9.78 Å². The topological polar surface area (TPSA) is 42.4 Å². The van der Waals surface area contributed by atoms with E-state index >= 15 is 0 Å². The van der Waals surface area contributed by atoms with Gasteiger partial charge in [0.2, 0.25) is 0 Å². The van der Waals surface area contributed by atoms with Gasteiger partial charge in [0.25, 0.3) is 0 Å². The highest BCUT2D eigenvalue weighted by atomic mass is 79.9. The van der Waals surface area contributed by atoms with Crippen LogP contribution >= 0.6 is 15.9 Å². The monoisotopic (exact) mass is 352 g/mol. The summed E-state index contributed by atoms with van der Waals surface area (Å²) >= 11 is 3.37. The quantitative estimate of drug-likeness (QED) is 0.709.